The van der Waals surface area contributed by atoms with E-state index >= 15 is 0 Å². The van der Waals surface area contributed by atoms with E-state index in [9.17, 15) is 0 Å². The third-order valence-corrected chi connectivity index (χ3v) is 7.97. The van der Waals surface area contributed by atoms with E-state index in [0.29, 0.717) is 0 Å². The first-order chi connectivity index (χ1) is 19.4. The Balaban J connectivity index is 1.45. The second-order valence-corrected chi connectivity index (χ2v) is 10.2. The van der Waals surface area contributed by atoms with Gasteiger partial charge < -0.3 is 4.57 Å². The fourth-order valence-corrected chi connectivity index (χ4v) is 6.24. The molecule has 8 rings (SSSR count). The van der Waals surface area contributed by atoms with E-state index < -0.39 is 0 Å². The van der Waals surface area contributed by atoms with Crippen LogP contribution in [0.25, 0.3) is 71.3 Å². The average Bonchev–Trinajstić information content (AvgIpc) is 3.37. The summed E-state index contributed by atoms with van der Waals surface area (Å²) >= 11 is 0. The molecule has 0 aliphatic rings. The van der Waals surface area contributed by atoms with Crippen molar-refractivity contribution in [1.29, 1.82) is 0 Å². The molecule has 0 amide bonds. The fraction of sp³-hybridized carbons (Fsp3) is 0. The van der Waals surface area contributed by atoms with Crippen LogP contribution in [0.4, 0.5) is 0 Å². The summed E-state index contributed by atoms with van der Waals surface area (Å²) in [6.45, 7) is 0. The highest BCUT2D eigenvalue weighted by molar-refractivity contribution is 6.28. The zero-order valence-electron chi connectivity index (χ0n) is 21.4. The lowest BCUT2D eigenvalue weighted by atomic mass is 9.94. The lowest BCUT2D eigenvalue weighted by Gasteiger charge is -2.13. The van der Waals surface area contributed by atoms with Crippen molar-refractivity contribution in [3.8, 4) is 27.9 Å². The van der Waals surface area contributed by atoms with Gasteiger partial charge in [-0.1, -0.05) is 127 Å². The maximum atomic E-state index is 2.44. The van der Waals surface area contributed by atoms with Gasteiger partial charge in [0.25, 0.3) is 0 Å². The molecular weight excluding hydrogens is 470 g/mol. The summed E-state index contributed by atoms with van der Waals surface area (Å²) in [7, 11) is 0. The third-order valence-electron chi connectivity index (χ3n) is 7.97. The van der Waals surface area contributed by atoms with Gasteiger partial charge in [-0.15, -0.1) is 0 Å². The second-order valence-electron chi connectivity index (χ2n) is 10.2. The Kier molecular flexibility index (Phi) is 4.89. The van der Waals surface area contributed by atoms with Crippen molar-refractivity contribution < 1.29 is 0 Å². The molecule has 39 heavy (non-hydrogen) atoms. The summed E-state index contributed by atoms with van der Waals surface area (Å²) in [4.78, 5) is 0. The summed E-state index contributed by atoms with van der Waals surface area (Å²) in [6.07, 6.45) is 0. The van der Waals surface area contributed by atoms with Gasteiger partial charge in [-0.3, -0.25) is 0 Å². The largest absolute Gasteiger partial charge is 0.309 e. The molecule has 1 aromatic heterocycles. The second kappa shape index (κ2) is 8.72. The van der Waals surface area contributed by atoms with Crippen molar-refractivity contribution in [3.05, 3.63) is 152 Å². The molecule has 7 aromatic carbocycles. The number of hydrogen-bond donors (Lipinski definition) is 0. The smallest absolute Gasteiger partial charge is 0.0547 e. The maximum Gasteiger partial charge on any atom is 0.0547 e. The first-order valence-corrected chi connectivity index (χ1v) is 13.5. The van der Waals surface area contributed by atoms with Gasteiger partial charge in [0, 0.05) is 16.5 Å². The summed E-state index contributed by atoms with van der Waals surface area (Å²) in [6, 6.07) is 54.9. The molecular formula is C38H25N. The Bertz CT molecular complexity index is 2070. The van der Waals surface area contributed by atoms with Gasteiger partial charge in [0.1, 0.15) is 0 Å². The molecule has 8 aromatic rings. The standard InChI is InChI=1S/C38H25N/c1-2-11-26(12-3-1)31-17-8-9-18-32(31)29-15-10-16-30(25-29)39-35-23-21-27-13-4-6-19-33(27)37(35)38-34-20-7-5-14-28(34)22-24-36(38)39/h1-25H. The SMILES string of the molecule is c1ccc(-c2ccccc2-c2cccc(-n3c4ccc5ccccc5c4c4c5ccccc5ccc43)c2)cc1. The van der Waals surface area contributed by atoms with Crippen molar-refractivity contribution in [2.24, 2.45) is 0 Å². The molecule has 0 saturated carbocycles. The number of fused-ring (bicyclic) bond motifs is 7. The monoisotopic (exact) mass is 495 g/mol. The Morgan fingerprint density at radius 1 is 0.359 bits per heavy atom. The minimum Gasteiger partial charge on any atom is -0.309 e. The van der Waals surface area contributed by atoms with E-state index in [0.717, 1.165) is 0 Å². The highest BCUT2D eigenvalue weighted by Gasteiger charge is 2.17. The van der Waals surface area contributed by atoms with Crippen LogP contribution in [-0.2, 0) is 0 Å². The van der Waals surface area contributed by atoms with Crippen LogP contribution in [0.5, 0.6) is 0 Å². The molecule has 0 saturated heterocycles. The van der Waals surface area contributed by atoms with Crippen LogP contribution in [0.2, 0.25) is 0 Å². The topological polar surface area (TPSA) is 4.93 Å². The predicted octanol–water partition coefficient (Wildman–Crippen LogP) is 10.4. The molecule has 1 heteroatoms. The van der Waals surface area contributed by atoms with Gasteiger partial charge in [0.2, 0.25) is 0 Å². The molecule has 0 unspecified atom stereocenters. The molecule has 0 spiro atoms. The molecule has 0 fully saturated rings. The van der Waals surface area contributed by atoms with Gasteiger partial charge in [0.15, 0.2) is 0 Å². The van der Waals surface area contributed by atoms with Gasteiger partial charge in [-0.25, -0.2) is 0 Å². The van der Waals surface area contributed by atoms with Crippen LogP contribution in [0.3, 0.4) is 0 Å². The third kappa shape index (κ3) is 3.41. The molecule has 0 atom stereocenters. The minimum atomic E-state index is 1.17. The first-order valence-electron chi connectivity index (χ1n) is 13.5. The lowest BCUT2D eigenvalue weighted by molar-refractivity contribution is 1.18. The molecule has 1 heterocycles. The maximum absolute atomic E-state index is 2.44. The van der Waals surface area contributed by atoms with Gasteiger partial charge in [-0.05, 0) is 68.1 Å². The van der Waals surface area contributed by atoms with E-state index in [1.54, 1.807) is 0 Å². The van der Waals surface area contributed by atoms with E-state index in [-0.39, 0.29) is 0 Å². The summed E-state index contributed by atoms with van der Waals surface area (Å²) in [5.41, 5.74) is 8.55. The van der Waals surface area contributed by atoms with Gasteiger partial charge in [-0.2, -0.15) is 0 Å². The molecule has 1 nitrogen and oxygen atoms in total. The van der Waals surface area contributed by atoms with Crippen LogP contribution in [0.1, 0.15) is 0 Å². The van der Waals surface area contributed by atoms with Crippen LogP contribution >= 0.6 is 0 Å². The van der Waals surface area contributed by atoms with Crippen LogP contribution in [0.15, 0.2) is 152 Å². The van der Waals surface area contributed by atoms with E-state index in [4.69, 9.17) is 0 Å². The predicted molar refractivity (Wildman–Crippen MR) is 167 cm³/mol. The number of rotatable bonds is 3. The molecule has 0 aliphatic heterocycles. The summed E-state index contributed by atoms with van der Waals surface area (Å²) in [5.74, 6) is 0. The van der Waals surface area contributed by atoms with Crippen molar-refractivity contribution in [3.63, 3.8) is 0 Å². The quantitative estimate of drug-likeness (QED) is 0.230. The van der Waals surface area contributed by atoms with Crippen LogP contribution in [-0.4, -0.2) is 4.57 Å². The van der Waals surface area contributed by atoms with Crippen molar-refractivity contribution >= 4 is 43.4 Å². The highest BCUT2D eigenvalue weighted by atomic mass is 15.0. The summed E-state index contributed by atoms with van der Waals surface area (Å²) in [5, 5.41) is 7.75. The minimum absolute atomic E-state index is 1.17. The Labute approximate surface area is 227 Å². The lowest BCUT2D eigenvalue weighted by Crippen LogP contribution is -1.95. The Morgan fingerprint density at radius 2 is 0.872 bits per heavy atom. The highest BCUT2D eigenvalue weighted by Crippen LogP contribution is 2.41. The average molecular weight is 496 g/mol. The first kappa shape index (κ1) is 21.9. The number of hydrogen-bond acceptors (Lipinski definition) is 0. The van der Waals surface area contributed by atoms with Crippen molar-refractivity contribution in [1.82, 2.24) is 4.57 Å². The van der Waals surface area contributed by atoms with Gasteiger partial charge in [0.05, 0.1) is 11.0 Å². The zero-order valence-corrected chi connectivity index (χ0v) is 21.4. The number of aromatic nitrogens is 1. The summed E-state index contributed by atoms with van der Waals surface area (Å²) < 4.78 is 2.44. The molecule has 0 radical (unpaired) electrons. The molecule has 0 bridgehead atoms. The molecule has 0 aliphatic carbocycles. The molecule has 182 valence electrons. The van der Waals surface area contributed by atoms with Crippen LogP contribution in [0, 0.1) is 0 Å². The normalized spacial score (nSPS) is 11.6. The van der Waals surface area contributed by atoms with E-state index in [1.165, 1.54) is 71.3 Å². The zero-order chi connectivity index (χ0) is 25.8. The van der Waals surface area contributed by atoms with E-state index in [2.05, 4.69) is 156 Å². The van der Waals surface area contributed by atoms with Crippen molar-refractivity contribution in [2.75, 3.05) is 0 Å². The van der Waals surface area contributed by atoms with Crippen molar-refractivity contribution in [2.45, 2.75) is 0 Å². The number of benzene rings is 7. The number of nitrogens with zero attached hydrogens (tertiary/aromatic N) is 1. The van der Waals surface area contributed by atoms with Crippen LogP contribution < -0.4 is 0 Å². The fourth-order valence-electron chi connectivity index (χ4n) is 6.24. The van der Waals surface area contributed by atoms with Gasteiger partial charge >= 0.3 is 0 Å². The molecule has 0 N–H and O–H groups in total. The Morgan fingerprint density at radius 3 is 1.51 bits per heavy atom. The van der Waals surface area contributed by atoms with E-state index in [1.807, 2.05) is 0 Å². The Hall–Kier alpha value is -5.14.